The van der Waals surface area contributed by atoms with Gasteiger partial charge in [0.2, 0.25) is 5.91 Å². The first-order valence-electron chi connectivity index (χ1n) is 16.1. The fraction of sp³-hybridized carbons (Fsp3) is 0.706. The van der Waals surface area contributed by atoms with Crippen molar-refractivity contribution in [3.63, 3.8) is 0 Å². The Morgan fingerprint density at radius 2 is 1.61 bits per heavy atom. The van der Waals surface area contributed by atoms with E-state index in [0.717, 1.165) is 18.4 Å². The van der Waals surface area contributed by atoms with Gasteiger partial charge in [-0.1, -0.05) is 135 Å². The van der Waals surface area contributed by atoms with Crippen LogP contribution in [0.1, 0.15) is 111 Å². The quantitative estimate of drug-likeness (QED) is 0.107. The molecule has 0 aromatic heterocycles. The van der Waals surface area contributed by atoms with Gasteiger partial charge in [0.1, 0.15) is 12.6 Å². The first-order chi connectivity index (χ1) is 19.5. The molecular weight excluding hydrogens is 528 g/mol. The summed E-state index contributed by atoms with van der Waals surface area (Å²) in [5.74, 6) is -0.689. The van der Waals surface area contributed by atoms with Gasteiger partial charge in [-0.2, -0.15) is 0 Å². The highest BCUT2D eigenvalue weighted by Crippen LogP contribution is 2.39. The second-order valence-corrected chi connectivity index (χ2v) is 18.0. The third kappa shape index (κ3) is 12.4. The van der Waals surface area contributed by atoms with E-state index in [0.29, 0.717) is 19.6 Å². The molecule has 0 saturated carbocycles. The lowest BCUT2D eigenvalue weighted by Gasteiger charge is -2.41. The number of hydrogen-bond donors (Lipinski definition) is 1. The molecule has 3 atom stereocenters. The lowest BCUT2D eigenvalue weighted by molar-refractivity contribution is -0.190. The van der Waals surface area contributed by atoms with E-state index in [1.54, 1.807) is 0 Å². The number of nitrogens with zero attached hydrogens (tertiary/aromatic N) is 1. The molecule has 0 spiro atoms. The Kier molecular flexibility index (Phi) is 15.4. The number of hydroxylamine groups is 2. The summed E-state index contributed by atoms with van der Waals surface area (Å²) in [6, 6.07) is 9.13. The fourth-order valence-electron chi connectivity index (χ4n) is 4.83. The van der Waals surface area contributed by atoms with Crippen molar-refractivity contribution in [2.45, 2.75) is 142 Å². The van der Waals surface area contributed by atoms with Gasteiger partial charge in [-0.3, -0.25) is 14.4 Å². The van der Waals surface area contributed by atoms with E-state index < -0.39 is 14.4 Å². The molecule has 0 radical (unpaired) electrons. The second-order valence-electron chi connectivity index (χ2n) is 13.2. The van der Waals surface area contributed by atoms with Gasteiger partial charge in [-0.25, -0.2) is 5.06 Å². The third-order valence-electron chi connectivity index (χ3n) is 8.72. The van der Waals surface area contributed by atoms with Gasteiger partial charge in [-0.05, 0) is 36.5 Å². The summed E-state index contributed by atoms with van der Waals surface area (Å²) >= 11 is 0. The molecule has 232 valence electrons. The number of carbonyl (C=O) groups excluding carboxylic acids is 2. The molecular formula is C34H58N2O4Si. The van der Waals surface area contributed by atoms with Crippen LogP contribution in [-0.4, -0.2) is 43.9 Å². The van der Waals surface area contributed by atoms with Gasteiger partial charge < -0.3 is 9.74 Å². The van der Waals surface area contributed by atoms with E-state index in [1.807, 2.05) is 49.4 Å². The van der Waals surface area contributed by atoms with Crippen LogP contribution in [0, 0.1) is 5.92 Å². The summed E-state index contributed by atoms with van der Waals surface area (Å²) in [5.41, 5.74) is 0.991. The zero-order valence-corrected chi connectivity index (χ0v) is 28.0. The Morgan fingerprint density at radius 1 is 1.00 bits per heavy atom. The monoisotopic (exact) mass is 586 g/mol. The molecule has 1 aliphatic rings. The summed E-state index contributed by atoms with van der Waals surface area (Å²) in [6.45, 7) is 16.1. The van der Waals surface area contributed by atoms with E-state index in [1.165, 1.54) is 56.4 Å². The average molecular weight is 587 g/mol. The summed E-state index contributed by atoms with van der Waals surface area (Å²) < 4.78 is 6.85. The molecule has 0 aliphatic carbocycles. The van der Waals surface area contributed by atoms with Crippen molar-refractivity contribution in [3.8, 4) is 0 Å². The average Bonchev–Trinajstić information content (AvgIpc) is 3.10. The Morgan fingerprint density at radius 3 is 2.22 bits per heavy atom. The SMILES string of the molecule is CCCCCCCCCCC[C@H](O[Si](C)(C)C(C)(C)C)[C@H](C)C(=O)N[C@@H]1CC=CCN(OCc2ccccc2)C1=O. The molecule has 0 saturated heterocycles. The molecule has 0 bridgehead atoms. The van der Waals surface area contributed by atoms with Crippen LogP contribution in [0.25, 0.3) is 0 Å². The highest BCUT2D eigenvalue weighted by Gasteiger charge is 2.41. The predicted octanol–water partition coefficient (Wildman–Crippen LogP) is 8.34. The van der Waals surface area contributed by atoms with Crippen molar-refractivity contribution >= 4 is 20.1 Å². The highest BCUT2D eigenvalue weighted by atomic mass is 28.4. The Hall–Kier alpha value is -1.96. The minimum atomic E-state index is -2.08. The van der Waals surface area contributed by atoms with Crippen LogP contribution in [0.2, 0.25) is 18.1 Å². The Labute approximate surface area is 251 Å². The molecule has 0 fully saturated rings. The Bertz CT molecular complexity index is 928. The lowest BCUT2D eigenvalue weighted by Crippen LogP contribution is -2.52. The van der Waals surface area contributed by atoms with Crippen LogP contribution < -0.4 is 5.32 Å². The van der Waals surface area contributed by atoms with Crippen LogP contribution >= 0.6 is 0 Å². The molecule has 2 rings (SSSR count). The van der Waals surface area contributed by atoms with Crippen molar-refractivity contribution < 1.29 is 18.9 Å². The first-order valence-corrected chi connectivity index (χ1v) is 19.0. The minimum absolute atomic E-state index is 0.0541. The van der Waals surface area contributed by atoms with Crippen molar-refractivity contribution in [1.29, 1.82) is 0 Å². The molecule has 2 amide bonds. The second kappa shape index (κ2) is 17.9. The normalized spacial score (nSPS) is 17.8. The molecule has 1 heterocycles. The van der Waals surface area contributed by atoms with Gasteiger partial charge in [0.15, 0.2) is 8.32 Å². The molecule has 6 nitrogen and oxygen atoms in total. The molecule has 41 heavy (non-hydrogen) atoms. The third-order valence-corrected chi connectivity index (χ3v) is 13.2. The van der Waals surface area contributed by atoms with Gasteiger partial charge in [0.25, 0.3) is 5.91 Å². The maximum absolute atomic E-state index is 13.6. The van der Waals surface area contributed by atoms with E-state index in [2.05, 4.69) is 46.1 Å². The van der Waals surface area contributed by atoms with Crippen molar-refractivity contribution in [1.82, 2.24) is 10.4 Å². The number of nitrogens with one attached hydrogen (secondary N) is 1. The van der Waals surface area contributed by atoms with Crippen molar-refractivity contribution in [2.75, 3.05) is 6.54 Å². The Balaban J connectivity index is 1.98. The largest absolute Gasteiger partial charge is 0.413 e. The molecule has 1 aromatic carbocycles. The van der Waals surface area contributed by atoms with Crippen molar-refractivity contribution in [2.24, 2.45) is 5.92 Å². The van der Waals surface area contributed by atoms with Gasteiger partial charge in [0.05, 0.1) is 18.6 Å². The summed E-state index contributed by atoms with van der Waals surface area (Å²) in [5, 5.41) is 4.48. The van der Waals surface area contributed by atoms with Crippen LogP contribution in [0.3, 0.4) is 0 Å². The van der Waals surface area contributed by atoms with Crippen molar-refractivity contribution in [3.05, 3.63) is 48.0 Å². The highest BCUT2D eigenvalue weighted by molar-refractivity contribution is 6.74. The molecule has 1 aromatic rings. The number of unbranched alkanes of at least 4 members (excludes halogenated alkanes) is 8. The van der Waals surface area contributed by atoms with Crippen LogP contribution in [0.4, 0.5) is 0 Å². The maximum Gasteiger partial charge on any atom is 0.269 e. The molecule has 1 N–H and O–H groups in total. The fourth-order valence-corrected chi connectivity index (χ4v) is 6.26. The number of amides is 2. The van der Waals surface area contributed by atoms with Gasteiger partial charge in [-0.15, -0.1) is 0 Å². The number of benzene rings is 1. The molecule has 0 unspecified atom stereocenters. The number of hydrogen-bond acceptors (Lipinski definition) is 4. The summed E-state index contributed by atoms with van der Waals surface area (Å²) in [6.07, 6.45) is 16.4. The van der Waals surface area contributed by atoms with Crippen LogP contribution in [0.15, 0.2) is 42.5 Å². The predicted molar refractivity (Wildman–Crippen MR) is 172 cm³/mol. The van der Waals surface area contributed by atoms with Gasteiger partial charge >= 0.3 is 0 Å². The summed E-state index contributed by atoms with van der Waals surface area (Å²) in [4.78, 5) is 32.8. The van der Waals surface area contributed by atoms with E-state index in [4.69, 9.17) is 9.26 Å². The van der Waals surface area contributed by atoms with E-state index >= 15 is 0 Å². The van der Waals surface area contributed by atoms with Crippen LogP contribution in [0.5, 0.6) is 0 Å². The van der Waals surface area contributed by atoms with E-state index in [9.17, 15) is 9.59 Å². The smallest absolute Gasteiger partial charge is 0.269 e. The lowest BCUT2D eigenvalue weighted by atomic mass is 9.97. The number of carbonyl (C=O) groups is 2. The molecule has 7 heteroatoms. The van der Waals surface area contributed by atoms with Gasteiger partial charge in [0, 0.05) is 0 Å². The first kappa shape index (κ1) is 35.2. The maximum atomic E-state index is 13.6. The summed E-state index contributed by atoms with van der Waals surface area (Å²) in [7, 11) is -2.08. The molecule has 1 aliphatic heterocycles. The zero-order valence-electron chi connectivity index (χ0n) is 27.0. The standard InChI is InChI=1S/C34H58N2O4Si/c1-8-9-10-11-12-13-14-15-19-25-31(40-41(6,7)34(3,4)5)28(2)32(37)35-30-24-20-21-26-36(33(30)38)39-27-29-22-17-16-18-23-29/h16-18,20-23,28,30-31H,8-15,19,24-27H2,1-7H3,(H,35,37)/t28-,30+,31-/m0/s1. The van der Waals surface area contributed by atoms with Crippen LogP contribution in [-0.2, 0) is 25.5 Å². The zero-order chi connectivity index (χ0) is 30.3. The number of rotatable bonds is 18. The topological polar surface area (TPSA) is 67.9 Å². The van der Waals surface area contributed by atoms with E-state index in [-0.39, 0.29) is 28.9 Å². The minimum Gasteiger partial charge on any atom is -0.413 e.